The lowest BCUT2D eigenvalue weighted by Crippen LogP contribution is -2.44. The highest BCUT2D eigenvalue weighted by Crippen LogP contribution is 2.26. The molecule has 0 saturated carbocycles. The van der Waals surface area contributed by atoms with Gasteiger partial charge in [-0.15, -0.1) is 5.10 Å². The second-order valence-electron chi connectivity index (χ2n) is 3.73. The largest absolute Gasteiger partial charge is 0.349 e. The first-order valence-electron chi connectivity index (χ1n) is 4.71. The van der Waals surface area contributed by atoms with Crippen LogP contribution in [0.5, 0.6) is 0 Å². The van der Waals surface area contributed by atoms with Gasteiger partial charge in [0, 0.05) is 31.4 Å². The number of fused-ring (bicyclic) bond motifs is 2. The Balaban J connectivity index is 1.87. The van der Waals surface area contributed by atoms with Crippen LogP contribution in [0.15, 0.2) is 18.3 Å². The predicted molar refractivity (Wildman–Crippen MR) is 49.6 cm³/mol. The van der Waals surface area contributed by atoms with Gasteiger partial charge in [0.1, 0.15) is 0 Å². The first-order valence-corrected chi connectivity index (χ1v) is 4.71. The van der Waals surface area contributed by atoms with Crippen molar-refractivity contribution in [3.63, 3.8) is 0 Å². The Labute approximate surface area is 77.0 Å². The van der Waals surface area contributed by atoms with Crippen LogP contribution in [0.4, 0.5) is 5.82 Å². The van der Waals surface area contributed by atoms with E-state index in [0.717, 1.165) is 18.9 Å². The summed E-state index contributed by atoms with van der Waals surface area (Å²) >= 11 is 0. The summed E-state index contributed by atoms with van der Waals surface area (Å²) in [6, 6.07) is 5.30. The van der Waals surface area contributed by atoms with Crippen molar-refractivity contribution in [2.24, 2.45) is 0 Å². The van der Waals surface area contributed by atoms with Crippen LogP contribution in [0, 0.1) is 0 Å². The van der Waals surface area contributed by atoms with Crippen molar-refractivity contribution in [2.75, 3.05) is 18.0 Å². The van der Waals surface area contributed by atoms with E-state index in [4.69, 9.17) is 0 Å². The molecule has 68 valence electrons. The molecule has 0 spiro atoms. The van der Waals surface area contributed by atoms with Crippen molar-refractivity contribution in [1.82, 2.24) is 15.5 Å². The van der Waals surface area contributed by atoms with Crippen LogP contribution in [-0.4, -0.2) is 35.4 Å². The molecule has 2 aliphatic rings. The second-order valence-corrected chi connectivity index (χ2v) is 3.73. The van der Waals surface area contributed by atoms with E-state index in [2.05, 4.69) is 20.4 Å². The van der Waals surface area contributed by atoms with Crippen LogP contribution in [0.1, 0.15) is 6.42 Å². The molecule has 0 unspecified atom stereocenters. The SMILES string of the molecule is c1cnnc(N2C[C@H]3C[C@@H]2CN3)c1. The third-order valence-electron chi connectivity index (χ3n) is 2.91. The molecule has 4 nitrogen and oxygen atoms in total. The van der Waals surface area contributed by atoms with Crippen LogP contribution in [0.3, 0.4) is 0 Å². The number of piperazine rings is 1. The van der Waals surface area contributed by atoms with E-state index in [1.54, 1.807) is 6.20 Å². The minimum atomic E-state index is 0.640. The average molecular weight is 176 g/mol. The molecule has 2 bridgehead atoms. The summed E-state index contributed by atoms with van der Waals surface area (Å²) in [5.41, 5.74) is 0. The molecule has 0 aromatic carbocycles. The molecule has 2 atom stereocenters. The molecule has 4 heteroatoms. The predicted octanol–water partition coefficient (Wildman–Crippen LogP) is 0.0271. The fourth-order valence-electron chi connectivity index (χ4n) is 2.29. The van der Waals surface area contributed by atoms with Gasteiger partial charge in [0.15, 0.2) is 5.82 Å². The summed E-state index contributed by atoms with van der Waals surface area (Å²) < 4.78 is 0. The van der Waals surface area contributed by atoms with E-state index >= 15 is 0 Å². The molecule has 2 aliphatic heterocycles. The molecule has 1 aromatic rings. The zero-order valence-corrected chi connectivity index (χ0v) is 7.35. The van der Waals surface area contributed by atoms with Crippen LogP contribution in [0.25, 0.3) is 0 Å². The van der Waals surface area contributed by atoms with Gasteiger partial charge in [-0.25, -0.2) is 0 Å². The Kier molecular flexibility index (Phi) is 1.49. The fourth-order valence-corrected chi connectivity index (χ4v) is 2.29. The molecule has 1 N–H and O–H groups in total. The summed E-state index contributed by atoms with van der Waals surface area (Å²) in [6.07, 6.45) is 2.98. The second kappa shape index (κ2) is 2.67. The molecule has 2 saturated heterocycles. The topological polar surface area (TPSA) is 41.1 Å². The highest BCUT2D eigenvalue weighted by atomic mass is 15.3. The summed E-state index contributed by atoms with van der Waals surface area (Å²) in [5.74, 6) is 1.02. The maximum atomic E-state index is 4.13. The number of hydrogen-bond donors (Lipinski definition) is 1. The molecule has 0 amide bonds. The quantitative estimate of drug-likeness (QED) is 0.655. The molecule has 13 heavy (non-hydrogen) atoms. The Bertz CT molecular complexity index is 300. The molecule has 3 rings (SSSR count). The maximum Gasteiger partial charge on any atom is 0.151 e. The van der Waals surface area contributed by atoms with Crippen molar-refractivity contribution >= 4 is 5.82 Å². The summed E-state index contributed by atoms with van der Waals surface area (Å²) in [5, 5.41) is 11.5. The first-order chi connectivity index (χ1) is 6.43. The average Bonchev–Trinajstić information content (AvgIpc) is 2.80. The van der Waals surface area contributed by atoms with Gasteiger partial charge in [0.2, 0.25) is 0 Å². The molecule has 2 fully saturated rings. The van der Waals surface area contributed by atoms with Crippen LogP contribution in [-0.2, 0) is 0 Å². The van der Waals surface area contributed by atoms with Gasteiger partial charge in [0.25, 0.3) is 0 Å². The lowest BCUT2D eigenvalue weighted by Gasteiger charge is -2.27. The summed E-state index contributed by atoms with van der Waals surface area (Å²) in [4.78, 5) is 2.36. The third kappa shape index (κ3) is 1.09. The van der Waals surface area contributed by atoms with Gasteiger partial charge in [-0.2, -0.15) is 5.10 Å². The summed E-state index contributed by atoms with van der Waals surface area (Å²) in [6.45, 7) is 2.19. The Morgan fingerprint density at radius 2 is 2.54 bits per heavy atom. The van der Waals surface area contributed by atoms with Gasteiger partial charge >= 0.3 is 0 Å². The lowest BCUT2D eigenvalue weighted by molar-refractivity contribution is 0.574. The minimum Gasteiger partial charge on any atom is -0.349 e. The molecule has 1 aromatic heterocycles. The van der Waals surface area contributed by atoms with E-state index in [1.807, 2.05) is 12.1 Å². The van der Waals surface area contributed by atoms with Crippen molar-refractivity contribution in [3.05, 3.63) is 18.3 Å². The number of rotatable bonds is 1. The van der Waals surface area contributed by atoms with Gasteiger partial charge in [-0.3, -0.25) is 0 Å². The number of nitrogens with one attached hydrogen (secondary N) is 1. The molecular formula is C9H12N4. The van der Waals surface area contributed by atoms with E-state index in [1.165, 1.54) is 6.42 Å². The van der Waals surface area contributed by atoms with Crippen molar-refractivity contribution in [1.29, 1.82) is 0 Å². The van der Waals surface area contributed by atoms with Crippen LogP contribution >= 0.6 is 0 Å². The first kappa shape index (κ1) is 7.26. The highest BCUT2D eigenvalue weighted by molar-refractivity contribution is 5.41. The molecule has 3 heterocycles. The van der Waals surface area contributed by atoms with E-state index in [0.29, 0.717) is 12.1 Å². The number of hydrogen-bond acceptors (Lipinski definition) is 4. The number of aromatic nitrogens is 2. The van der Waals surface area contributed by atoms with E-state index < -0.39 is 0 Å². The normalized spacial score (nSPS) is 31.2. The Morgan fingerprint density at radius 1 is 1.54 bits per heavy atom. The van der Waals surface area contributed by atoms with Crippen molar-refractivity contribution < 1.29 is 0 Å². The summed E-state index contributed by atoms with van der Waals surface area (Å²) in [7, 11) is 0. The third-order valence-corrected chi connectivity index (χ3v) is 2.91. The zero-order chi connectivity index (χ0) is 8.67. The van der Waals surface area contributed by atoms with E-state index in [-0.39, 0.29) is 0 Å². The Morgan fingerprint density at radius 3 is 3.15 bits per heavy atom. The number of nitrogens with zero attached hydrogens (tertiary/aromatic N) is 3. The molecular weight excluding hydrogens is 164 g/mol. The van der Waals surface area contributed by atoms with E-state index in [9.17, 15) is 0 Å². The van der Waals surface area contributed by atoms with Crippen LogP contribution < -0.4 is 10.2 Å². The molecule has 0 radical (unpaired) electrons. The monoisotopic (exact) mass is 176 g/mol. The lowest BCUT2D eigenvalue weighted by atomic mass is 10.2. The number of anilines is 1. The maximum absolute atomic E-state index is 4.13. The van der Waals surface area contributed by atoms with Gasteiger partial charge < -0.3 is 10.2 Å². The molecule has 0 aliphatic carbocycles. The van der Waals surface area contributed by atoms with Gasteiger partial charge in [-0.1, -0.05) is 0 Å². The van der Waals surface area contributed by atoms with Gasteiger partial charge in [-0.05, 0) is 18.6 Å². The standard InChI is InChI=1S/C9H12N4/c1-2-9(12-11-3-1)13-6-7-4-8(13)5-10-7/h1-3,7-8,10H,4-6H2/t7-,8-/m1/s1. The fraction of sp³-hybridized carbons (Fsp3) is 0.556. The van der Waals surface area contributed by atoms with Crippen molar-refractivity contribution in [3.8, 4) is 0 Å². The van der Waals surface area contributed by atoms with Crippen LogP contribution in [0.2, 0.25) is 0 Å². The Hall–Kier alpha value is -1.16. The highest BCUT2D eigenvalue weighted by Gasteiger charge is 2.38. The zero-order valence-electron chi connectivity index (χ0n) is 7.35. The minimum absolute atomic E-state index is 0.640. The smallest absolute Gasteiger partial charge is 0.151 e. The van der Waals surface area contributed by atoms with Crippen molar-refractivity contribution in [2.45, 2.75) is 18.5 Å². The van der Waals surface area contributed by atoms with Gasteiger partial charge in [0.05, 0.1) is 0 Å².